The van der Waals surface area contributed by atoms with Gasteiger partial charge in [-0.2, -0.15) is 26.3 Å². The van der Waals surface area contributed by atoms with Crippen molar-refractivity contribution in [2.75, 3.05) is 33.2 Å². The average molecular weight is 491 g/mol. The molecule has 3 heterocycles. The van der Waals surface area contributed by atoms with Gasteiger partial charge in [0.25, 0.3) is 0 Å². The second-order valence-electron chi connectivity index (χ2n) is 7.17. The molecule has 0 saturated carbocycles. The lowest BCUT2D eigenvalue weighted by molar-refractivity contribution is -0.193. The highest BCUT2D eigenvalue weighted by molar-refractivity contribution is 5.87. The summed E-state index contributed by atoms with van der Waals surface area (Å²) in [7, 11) is 2.07. The zero-order chi connectivity index (χ0) is 25.4. The molecule has 2 fully saturated rings. The van der Waals surface area contributed by atoms with Crippen LogP contribution in [0.3, 0.4) is 0 Å². The number of halogens is 6. The second kappa shape index (κ2) is 11.4. The number of carbonyl (C=O) groups is 3. The average Bonchev–Trinajstić information content (AvgIpc) is 3.20. The molecule has 15 heteroatoms. The molecule has 1 aromatic rings. The highest BCUT2D eigenvalue weighted by Gasteiger charge is 2.46. The zero-order valence-corrected chi connectivity index (χ0v) is 17.4. The van der Waals surface area contributed by atoms with Gasteiger partial charge < -0.3 is 19.9 Å². The highest BCUT2D eigenvalue weighted by Crippen LogP contribution is 2.30. The fourth-order valence-corrected chi connectivity index (χ4v) is 3.20. The van der Waals surface area contributed by atoms with Crippen molar-refractivity contribution in [2.24, 2.45) is 0 Å². The van der Waals surface area contributed by atoms with Crippen LogP contribution in [0.25, 0.3) is 0 Å². The number of amides is 1. The predicted molar refractivity (Wildman–Crippen MR) is 99.0 cm³/mol. The summed E-state index contributed by atoms with van der Waals surface area (Å²) in [6.07, 6.45) is -6.66. The van der Waals surface area contributed by atoms with Gasteiger partial charge in [-0.3, -0.25) is 14.6 Å². The smallest absolute Gasteiger partial charge is 0.475 e. The first-order valence-electron chi connectivity index (χ1n) is 9.44. The Hall–Kier alpha value is -2.81. The molecule has 3 rings (SSSR count). The van der Waals surface area contributed by atoms with Gasteiger partial charge in [0.1, 0.15) is 11.3 Å². The Morgan fingerprint density at radius 2 is 1.55 bits per heavy atom. The molecule has 0 bridgehead atoms. The number of nitrogens with zero attached hydrogens (tertiary/aromatic N) is 2. The first kappa shape index (κ1) is 28.2. The molecule has 0 aromatic carbocycles. The maximum atomic E-state index is 12.2. The predicted octanol–water partition coefficient (Wildman–Crippen LogP) is 1.94. The van der Waals surface area contributed by atoms with Gasteiger partial charge in [-0.15, -0.1) is 0 Å². The second-order valence-corrected chi connectivity index (χ2v) is 7.17. The van der Waals surface area contributed by atoms with Crippen molar-refractivity contribution in [3.8, 4) is 0 Å². The summed E-state index contributed by atoms with van der Waals surface area (Å²) in [6.45, 7) is 4.45. The topological polar surface area (TPSA) is 123 Å². The number of piperidine rings is 1. The lowest BCUT2D eigenvalue weighted by Crippen LogP contribution is -2.66. The fraction of sp³-hybridized carbons (Fsp3) is 0.611. The Morgan fingerprint density at radius 3 is 1.91 bits per heavy atom. The molecule has 0 atom stereocenters. The molecule has 2 aliphatic heterocycles. The lowest BCUT2D eigenvalue weighted by Gasteiger charge is -2.48. The van der Waals surface area contributed by atoms with E-state index in [9.17, 15) is 31.1 Å². The maximum absolute atomic E-state index is 12.2. The Kier molecular flexibility index (Phi) is 9.71. The van der Waals surface area contributed by atoms with Gasteiger partial charge in [0.05, 0.1) is 12.8 Å². The standard InChI is InChI=1S/C14H21N3O2.2C2HF3O2/c1-16-9-6-15-13(18)14(16)4-7-17(8-5-14)11-12-3-2-10-19-12;2*3-2(4,5)1(6)7/h2-3,10H,4-9,11H2,1H3,(H,15,18);2*(H,6,7). The Morgan fingerprint density at radius 1 is 1.06 bits per heavy atom. The number of likely N-dealkylation sites (N-methyl/N-ethyl adjacent to an activating group) is 1. The first-order chi connectivity index (χ1) is 15.1. The van der Waals surface area contributed by atoms with Gasteiger partial charge in [0.15, 0.2) is 0 Å². The van der Waals surface area contributed by atoms with E-state index in [4.69, 9.17) is 24.2 Å². The number of likely N-dealkylation sites (tertiary alicyclic amines) is 1. The van der Waals surface area contributed by atoms with Crippen LogP contribution in [0.5, 0.6) is 0 Å². The van der Waals surface area contributed by atoms with Gasteiger partial charge in [-0.1, -0.05) is 0 Å². The molecule has 188 valence electrons. The van der Waals surface area contributed by atoms with E-state index in [1.54, 1.807) is 6.26 Å². The van der Waals surface area contributed by atoms with E-state index >= 15 is 0 Å². The van der Waals surface area contributed by atoms with Crippen LogP contribution in [0, 0.1) is 0 Å². The van der Waals surface area contributed by atoms with E-state index in [-0.39, 0.29) is 11.4 Å². The molecule has 1 amide bonds. The van der Waals surface area contributed by atoms with Crippen molar-refractivity contribution in [3.63, 3.8) is 0 Å². The molecule has 2 aliphatic rings. The van der Waals surface area contributed by atoms with Crippen molar-refractivity contribution in [2.45, 2.75) is 37.3 Å². The SMILES string of the molecule is CN1CCNC(=O)C12CCN(Cc1ccco1)CC2.O=C(O)C(F)(F)F.O=C(O)C(F)(F)F. The van der Waals surface area contributed by atoms with E-state index in [2.05, 4.69) is 22.2 Å². The van der Waals surface area contributed by atoms with Crippen molar-refractivity contribution in [1.29, 1.82) is 0 Å². The van der Waals surface area contributed by atoms with Gasteiger partial charge in [-0.25, -0.2) is 9.59 Å². The number of hydrogen-bond donors (Lipinski definition) is 3. The summed E-state index contributed by atoms with van der Waals surface area (Å²) >= 11 is 0. The minimum absolute atomic E-state index is 0.207. The van der Waals surface area contributed by atoms with Crippen LogP contribution in [0.2, 0.25) is 0 Å². The third-order valence-corrected chi connectivity index (χ3v) is 5.01. The molecular weight excluding hydrogens is 468 g/mol. The number of piperazine rings is 1. The van der Waals surface area contributed by atoms with Crippen LogP contribution in [-0.4, -0.2) is 89.0 Å². The Labute approximate surface area is 183 Å². The normalized spacial score (nSPS) is 18.9. The quantitative estimate of drug-likeness (QED) is 0.537. The van der Waals surface area contributed by atoms with Crippen LogP contribution < -0.4 is 5.32 Å². The number of carbonyl (C=O) groups excluding carboxylic acids is 1. The van der Waals surface area contributed by atoms with E-state index in [1.807, 2.05) is 12.1 Å². The van der Waals surface area contributed by atoms with Crippen LogP contribution in [0.1, 0.15) is 18.6 Å². The minimum Gasteiger partial charge on any atom is -0.475 e. The number of carboxylic acids is 2. The molecule has 0 unspecified atom stereocenters. The summed E-state index contributed by atoms with van der Waals surface area (Å²) in [4.78, 5) is 34.6. The third kappa shape index (κ3) is 8.57. The number of furan rings is 1. The van der Waals surface area contributed by atoms with Crippen molar-refractivity contribution < 1.29 is 55.4 Å². The number of hydrogen-bond acceptors (Lipinski definition) is 6. The van der Waals surface area contributed by atoms with Crippen molar-refractivity contribution in [3.05, 3.63) is 24.2 Å². The van der Waals surface area contributed by atoms with Gasteiger partial charge >= 0.3 is 24.3 Å². The van der Waals surface area contributed by atoms with Crippen LogP contribution >= 0.6 is 0 Å². The largest absolute Gasteiger partial charge is 0.490 e. The molecule has 1 aromatic heterocycles. The van der Waals surface area contributed by atoms with E-state index in [1.165, 1.54) is 0 Å². The fourth-order valence-electron chi connectivity index (χ4n) is 3.20. The van der Waals surface area contributed by atoms with Crippen LogP contribution in [0.4, 0.5) is 26.3 Å². The minimum atomic E-state index is -5.08. The molecular formula is C18H23F6N3O6. The number of aliphatic carboxylic acids is 2. The number of alkyl halides is 6. The van der Waals surface area contributed by atoms with Crippen LogP contribution in [0.15, 0.2) is 22.8 Å². The molecule has 3 N–H and O–H groups in total. The van der Waals surface area contributed by atoms with Gasteiger partial charge in [0, 0.05) is 26.2 Å². The summed E-state index contributed by atoms with van der Waals surface area (Å²) in [5, 5.41) is 17.3. The van der Waals surface area contributed by atoms with E-state index < -0.39 is 24.3 Å². The monoisotopic (exact) mass is 491 g/mol. The number of carboxylic acid groups (broad SMARTS) is 2. The van der Waals surface area contributed by atoms with E-state index in [0.29, 0.717) is 0 Å². The summed E-state index contributed by atoms with van der Waals surface area (Å²) in [5.74, 6) is -4.31. The Balaban J connectivity index is 0.000000324. The van der Waals surface area contributed by atoms with Crippen molar-refractivity contribution in [1.82, 2.24) is 15.1 Å². The van der Waals surface area contributed by atoms with Gasteiger partial charge in [0.2, 0.25) is 5.91 Å². The van der Waals surface area contributed by atoms with Crippen LogP contribution in [-0.2, 0) is 20.9 Å². The molecule has 2 saturated heterocycles. The molecule has 1 spiro atoms. The van der Waals surface area contributed by atoms with Crippen molar-refractivity contribution >= 4 is 17.8 Å². The molecule has 33 heavy (non-hydrogen) atoms. The Bertz CT molecular complexity index is 765. The number of rotatable bonds is 2. The summed E-state index contributed by atoms with van der Waals surface area (Å²) in [6, 6.07) is 3.92. The summed E-state index contributed by atoms with van der Waals surface area (Å²) < 4.78 is 68.9. The zero-order valence-electron chi connectivity index (χ0n) is 17.4. The molecule has 0 radical (unpaired) electrons. The molecule has 0 aliphatic carbocycles. The molecule has 9 nitrogen and oxygen atoms in total. The number of nitrogens with one attached hydrogen (secondary N) is 1. The van der Waals surface area contributed by atoms with E-state index in [0.717, 1.165) is 51.3 Å². The third-order valence-electron chi connectivity index (χ3n) is 5.01. The maximum Gasteiger partial charge on any atom is 0.490 e. The summed E-state index contributed by atoms with van der Waals surface area (Å²) in [5.41, 5.74) is -0.280. The lowest BCUT2D eigenvalue weighted by atomic mass is 9.83. The van der Waals surface area contributed by atoms with Gasteiger partial charge in [-0.05, 0) is 32.0 Å². The first-order valence-corrected chi connectivity index (χ1v) is 9.44. The highest BCUT2D eigenvalue weighted by atomic mass is 19.4.